The van der Waals surface area contributed by atoms with E-state index < -0.39 is 11.8 Å². The maximum atomic E-state index is 13.8. The highest BCUT2D eigenvalue weighted by Crippen LogP contribution is 2.31. The fourth-order valence-electron chi connectivity index (χ4n) is 2.35. The summed E-state index contributed by atoms with van der Waals surface area (Å²) in [7, 11) is 0. The van der Waals surface area contributed by atoms with Crippen molar-refractivity contribution < 1.29 is 19.1 Å². The van der Waals surface area contributed by atoms with Crippen molar-refractivity contribution in [3.05, 3.63) is 63.9 Å². The number of nitrogens with one attached hydrogen (secondary N) is 1. The van der Waals surface area contributed by atoms with Crippen LogP contribution in [0, 0.1) is 11.7 Å². The van der Waals surface area contributed by atoms with E-state index in [1.54, 1.807) is 24.3 Å². The molecule has 4 nitrogen and oxygen atoms in total. The Morgan fingerprint density at radius 1 is 1.16 bits per heavy atom. The Kier molecular flexibility index (Phi) is 4.86. The summed E-state index contributed by atoms with van der Waals surface area (Å²) in [6, 6.07) is 8.97. The zero-order chi connectivity index (χ0) is 18.0. The van der Waals surface area contributed by atoms with Crippen LogP contribution >= 0.6 is 11.6 Å². The first kappa shape index (κ1) is 17.2. The van der Waals surface area contributed by atoms with E-state index in [0.717, 1.165) is 12.8 Å². The number of benzene rings is 2. The van der Waals surface area contributed by atoms with Gasteiger partial charge in [0.2, 0.25) is 5.91 Å². The topological polar surface area (TPSA) is 66.4 Å². The molecule has 2 aromatic rings. The Hall–Kier alpha value is -2.66. The van der Waals surface area contributed by atoms with Crippen LogP contribution in [0.25, 0.3) is 12.2 Å². The molecular weight excluding hydrogens is 345 g/mol. The Morgan fingerprint density at radius 3 is 2.56 bits per heavy atom. The molecule has 0 atom stereocenters. The van der Waals surface area contributed by atoms with Gasteiger partial charge in [-0.3, -0.25) is 4.79 Å². The summed E-state index contributed by atoms with van der Waals surface area (Å²) in [5.74, 6) is -1.78. The van der Waals surface area contributed by atoms with Gasteiger partial charge in [-0.15, -0.1) is 0 Å². The predicted molar refractivity (Wildman–Crippen MR) is 95.1 cm³/mol. The molecule has 1 saturated carbocycles. The second-order valence-electron chi connectivity index (χ2n) is 5.87. The lowest BCUT2D eigenvalue weighted by Crippen LogP contribution is -2.16. The highest BCUT2D eigenvalue weighted by molar-refractivity contribution is 6.30. The average molecular weight is 360 g/mol. The molecule has 0 spiro atoms. The third-order valence-corrected chi connectivity index (χ3v) is 4.13. The fraction of sp³-hybridized carbons (Fsp3) is 0.158. The number of carboxylic acids is 1. The lowest BCUT2D eigenvalue weighted by Gasteiger charge is -2.09. The molecule has 3 rings (SSSR count). The quantitative estimate of drug-likeness (QED) is 0.761. The molecule has 1 fully saturated rings. The summed E-state index contributed by atoms with van der Waals surface area (Å²) >= 11 is 5.71. The maximum Gasteiger partial charge on any atom is 0.337 e. The molecule has 0 bridgehead atoms. The van der Waals surface area contributed by atoms with Gasteiger partial charge in [-0.1, -0.05) is 35.9 Å². The zero-order valence-electron chi connectivity index (χ0n) is 13.1. The summed E-state index contributed by atoms with van der Waals surface area (Å²) in [6.07, 6.45) is 4.81. The van der Waals surface area contributed by atoms with Gasteiger partial charge in [-0.2, -0.15) is 0 Å². The number of hydrogen-bond acceptors (Lipinski definition) is 2. The van der Waals surface area contributed by atoms with Crippen LogP contribution in [0.4, 0.5) is 10.1 Å². The van der Waals surface area contributed by atoms with Gasteiger partial charge in [0.15, 0.2) is 0 Å². The zero-order valence-corrected chi connectivity index (χ0v) is 13.9. The number of aromatic carboxylic acids is 1. The molecule has 1 amide bonds. The van der Waals surface area contributed by atoms with Crippen LogP contribution in [0.3, 0.4) is 0 Å². The van der Waals surface area contributed by atoms with E-state index in [4.69, 9.17) is 11.6 Å². The van der Waals surface area contributed by atoms with Gasteiger partial charge >= 0.3 is 5.97 Å². The van der Waals surface area contributed by atoms with Crippen LogP contribution in [-0.2, 0) is 4.79 Å². The summed E-state index contributed by atoms with van der Waals surface area (Å²) < 4.78 is 13.8. The van der Waals surface area contributed by atoms with Gasteiger partial charge in [-0.25, -0.2) is 9.18 Å². The minimum atomic E-state index is -1.14. The van der Waals surface area contributed by atoms with Crippen LogP contribution < -0.4 is 5.32 Å². The molecule has 1 aliphatic rings. The van der Waals surface area contributed by atoms with E-state index in [-0.39, 0.29) is 23.1 Å². The molecule has 0 heterocycles. The van der Waals surface area contributed by atoms with Crippen molar-refractivity contribution in [1.82, 2.24) is 0 Å². The number of amides is 1. The largest absolute Gasteiger partial charge is 0.478 e. The fourth-order valence-corrected chi connectivity index (χ4v) is 2.51. The summed E-state index contributed by atoms with van der Waals surface area (Å²) in [5.41, 5.74) is 1.18. The number of carbonyl (C=O) groups excluding carboxylic acids is 1. The van der Waals surface area contributed by atoms with Gasteiger partial charge < -0.3 is 10.4 Å². The van der Waals surface area contributed by atoms with Gasteiger partial charge in [0.25, 0.3) is 0 Å². The minimum absolute atomic E-state index is 0.00673. The maximum absolute atomic E-state index is 13.8. The Morgan fingerprint density at radius 2 is 1.92 bits per heavy atom. The lowest BCUT2D eigenvalue weighted by molar-refractivity contribution is -0.117. The van der Waals surface area contributed by atoms with E-state index in [9.17, 15) is 19.1 Å². The van der Waals surface area contributed by atoms with Crippen LogP contribution in [0.5, 0.6) is 0 Å². The molecular formula is C19H15ClFNO3. The van der Waals surface area contributed by atoms with Crippen molar-refractivity contribution in [2.24, 2.45) is 5.92 Å². The number of anilines is 1. The van der Waals surface area contributed by atoms with Crippen molar-refractivity contribution in [3.63, 3.8) is 0 Å². The first-order valence-corrected chi connectivity index (χ1v) is 8.13. The van der Waals surface area contributed by atoms with E-state index in [0.29, 0.717) is 16.1 Å². The highest BCUT2D eigenvalue weighted by Gasteiger charge is 2.30. The smallest absolute Gasteiger partial charge is 0.337 e. The van der Waals surface area contributed by atoms with Gasteiger partial charge in [0.05, 0.1) is 11.3 Å². The third kappa shape index (κ3) is 4.25. The van der Waals surface area contributed by atoms with E-state index >= 15 is 0 Å². The lowest BCUT2D eigenvalue weighted by atomic mass is 10.1. The summed E-state index contributed by atoms with van der Waals surface area (Å²) in [5, 5.41) is 12.3. The first-order chi connectivity index (χ1) is 11.9. The Labute approximate surface area is 148 Å². The molecule has 128 valence electrons. The monoisotopic (exact) mass is 359 g/mol. The molecule has 0 unspecified atom stereocenters. The second-order valence-corrected chi connectivity index (χ2v) is 6.31. The second kappa shape index (κ2) is 7.07. The molecule has 2 N–H and O–H groups in total. The van der Waals surface area contributed by atoms with Gasteiger partial charge in [0, 0.05) is 16.5 Å². The van der Waals surface area contributed by atoms with Gasteiger partial charge in [-0.05, 0) is 42.7 Å². The molecule has 1 aliphatic carbocycles. The number of halogens is 2. The van der Waals surface area contributed by atoms with Crippen molar-refractivity contribution in [2.45, 2.75) is 12.8 Å². The number of rotatable bonds is 5. The number of carboxylic acid groups (broad SMARTS) is 1. The first-order valence-electron chi connectivity index (χ1n) is 7.75. The van der Waals surface area contributed by atoms with Crippen LogP contribution in [0.2, 0.25) is 5.02 Å². The number of hydrogen-bond donors (Lipinski definition) is 2. The summed E-state index contributed by atoms with van der Waals surface area (Å²) in [6.45, 7) is 0. The van der Waals surface area contributed by atoms with E-state index in [1.165, 1.54) is 24.3 Å². The van der Waals surface area contributed by atoms with E-state index in [2.05, 4.69) is 5.32 Å². The van der Waals surface area contributed by atoms with Crippen molar-refractivity contribution in [2.75, 3.05) is 5.32 Å². The molecule has 0 radical (unpaired) electrons. The van der Waals surface area contributed by atoms with Crippen molar-refractivity contribution >= 4 is 41.3 Å². The van der Waals surface area contributed by atoms with Crippen molar-refractivity contribution in [1.29, 1.82) is 0 Å². The van der Waals surface area contributed by atoms with Crippen LogP contribution in [0.1, 0.15) is 34.3 Å². The molecule has 0 aliphatic heterocycles. The molecule has 0 saturated heterocycles. The summed E-state index contributed by atoms with van der Waals surface area (Å²) in [4.78, 5) is 23.3. The van der Waals surface area contributed by atoms with E-state index in [1.807, 2.05) is 0 Å². The Balaban J connectivity index is 1.84. The average Bonchev–Trinajstić information content (AvgIpc) is 3.40. The highest BCUT2D eigenvalue weighted by atomic mass is 35.5. The minimum Gasteiger partial charge on any atom is -0.478 e. The molecule has 2 aromatic carbocycles. The SMILES string of the molecule is O=C(O)c1cc(/C=C/c2ccc(Cl)cc2F)ccc1NC(=O)C1CC1. The normalized spacial score (nSPS) is 13.8. The third-order valence-electron chi connectivity index (χ3n) is 3.90. The molecule has 25 heavy (non-hydrogen) atoms. The van der Waals surface area contributed by atoms with Crippen LogP contribution in [0.15, 0.2) is 36.4 Å². The molecule has 6 heteroatoms. The number of carbonyl (C=O) groups is 2. The van der Waals surface area contributed by atoms with Crippen molar-refractivity contribution in [3.8, 4) is 0 Å². The predicted octanol–water partition coefficient (Wildman–Crippen LogP) is 4.70. The van der Waals surface area contributed by atoms with Crippen LogP contribution in [-0.4, -0.2) is 17.0 Å². The molecule has 0 aromatic heterocycles. The Bertz CT molecular complexity index is 875. The van der Waals surface area contributed by atoms with Gasteiger partial charge in [0.1, 0.15) is 5.82 Å². The standard InChI is InChI=1S/C19H15ClFNO3/c20-14-7-6-12(16(21)10-14)3-1-11-2-8-17(15(9-11)19(24)25)22-18(23)13-4-5-13/h1-3,6-10,13H,4-5H2,(H,22,23)(H,24,25)/b3-1+.